The fraction of sp³-hybridized carbons (Fsp3) is 0.435. The number of carbonyl (C=O) groups excluding carboxylic acids is 1. The van der Waals surface area contributed by atoms with E-state index >= 15 is 0 Å². The maximum absolute atomic E-state index is 12.9. The third-order valence-electron chi connectivity index (χ3n) is 5.61. The molecule has 0 bridgehead atoms. The highest BCUT2D eigenvalue weighted by atomic mass is 32.2. The van der Waals surface area contributed by atoms with Gasteiger partial charge in [0, 0.05) is 0 Å². The van der Waals surface area contributed by atoms with Crippen molar-refractivity contribution in [1.82, 2.24) is 5.32 Å². The number of anilines is 1. The molecule has 3 rings (SSSR count). The lowest BCUT2D eigenvalue weighted by atomic mass is 9.89. The van der Waals surface area contributed by atoms with E-state index in [0.717, 1.165) is 30.2 Å². The minimum atomic E-state index is -3.62. The normalized spacial score (nSPS) is 15.9. The van der Waals surface area contributed by atoms with Crippen LogP contribution in [-0.2, 0) is 27.7 Å². The summed E-state index contributed by atoms with van der Waals surface area (Å²) >= 11 is 0. The summed E-state index contributed by atoms with van der Waals surface area (Å²) in [6.45, 7) is 5.49. The summed E-state index contributed by atoms with van der Waals surface area (Å²) < 4.78 is 26.0. The molecule has 2 atom stereocenters. The number of nitrogens with zero attached hydrogens (tertiary/aromatic N) is 1. The van der Waals surface area contributed by atoms with Crippen LogP contribution in [0.25, 0.3) is 0 Å². The Labute approximate surface area is 174 Å². The lowest BCUT2D eigenvalue weighted by Gasteiger charge is -2.29. The van der Waals surface area contributed by atoms with Crippen LogP contribution in [0.1, 0.15) is 55.0 Å². The first-order chi connectivity index (χ1) is 13.7. The Morgan fingerprint density at radius 3 is 2.24 bits per heavy atom. The Morgan fingerprint density at radius 1 is 1.00 bits per heavy atom. The number of fused-ring (bicyclic) bond motifs is 1. The van der Waals surface area contributed by atoms with Crippen molar-refractivity contribution in [2.45, 2.75) is 58.5 Å². The van der Waals surface area contributed by atoms with Gasteiger partial charge in [-0.2, -0.15) is 0 Å². The maximum atomic E-state index is 12.9. The Morgan fingerprint density at radius 2 is 1.62 bits per heavy atom. The first-order valence-electron chi connectivity index (χ1n) is 10.1. The van der Waals surface area contributed by atoms with Crippen molar-refractivity contribution in [2.24, 2.45) is 0 Å². The van der Waals surface area contributed by atoms with Gasteiger partial charge >= 0.3 is 0 Å². The average molecular weight is 415 g/mol. The molecule has 0 spiro atoms. The Bertz CT molecular complexity index is 984. The van der Waals surface area contributed by atoms with Crippen LogP contribution in [0.3, 0.4) is 0 Å². The molecule has 6 heteroatoms. The summed E-state index contributed by atoms with van der Waals surface area (Å²) in [5.74, 6) is -0.318. The molecule has 2 aromatic rings. The van der Waals surface area contributed by atoms with E-state index < -0.39 is 16.1 Å². The fourth-order valence-corrected chi connectivity index (χ4v) is 5.12. The Kier molecular flexibility index (Phi) is 6.32. The quantitative estimate of drug-likeness (QED) is 0.779. The zero-order chi connectivity index (χ0) is 21.2. The monoisotopic (exact) mass is 414 g/mol. The van der Waals surface area contributed by atoms with Gasteiger partial charge in [-0.3, -0.25) is 9.10 Å². The minimum absolute atomic E-state index is 0.198. The molecule has 0 aromatic heterocycles. The lowest BCUT2D eigenvalue weighted by molar-refractivity contribution is -0.122. The van der Waals surface area contributed by atoms with E-state index in [2.05, 4.69) is 23.5 Å². The number of aryl methyl sites for hydroxylation is 3. The Hall–Kier alpha value is -2.34. The number of nitrogens with one attached hydrogen (secondary N) is 1. The molecular weight excluding hydrogens is 384 g/mol. The number of sulfonamides is 1. The second kappa shape index (κ2) is 8.57. The predicted molar refractivity (Wildman–Crippen MR) is 118 cm³/mol. The van der Waals surface area contributed by atoms with Gasteiger partial charge in [0.15, 0.2) is 0 Å². The number of hydrogen-bond acceptors (Lipinski definition) is 3. The topological polar surface area (TPSA) is 66.5 Å². The molecule has 1 aliphatic rings. The van der Waals surface area contributed by atoms with E-state index in [1.54, 1.807) is 19.1 Å². The zero-order valence-corrected chi connectivity index (χ0v) is 18.4. The number of hydrogen-bond donors (Lipinski definition) is 1. The largest absolute Gasteiger partial charge is 0.348 e. The standard InChI is InChI=1S/C23H30N2O3S/c1-16-9-13-22(14-10-16)25(29(4,27)28)18(3)23(26)24-17(2)20-12-11-19-7-5-6-8-21(19)15-20/h9-15,17-18H,5-8H2,1-4H3,(H,24,26)/t17-,18-/m1/s1. The van der Waals surface area contributed by atoms with E-state index in [-0.39, 0.29) is 11.9 Å². The highest BCUT2D eigenvalue weighted by molar-refractivity contribution is 7.92. The summed E-state index contributed by atoms with van der Waals surface area (Å²) in [6, 6.07) is 12.5. The van der Waals surface area contributed by atoms with Gasteiger partial charge in [0.1, 0.15) is 6.04 Å². The molecule has 2 aromatic carbocycles. The second-order valence-electron chi connectivity index (χ2n) is 8.04. The number of rotatable bonds is 6. The van der Waals surface area contributed by atoms with Crippen molar-refractivity contribution in [2.75, 3.05) is 10.6 Å². The maximum Gasteiger partial charge on any atom is 0.244 e. The molecule has 156 valence electrons. The Balaban J connectivity index is 1.78. The number of benzene rings is 2. The van der Waals surface area contributed by atoms with E-state index in [1.165, 1.54) is 28.3 Å². The van der Waals surface area contributed by atoms with Crippen LogP contribution in [-0.4, -0.2) is 26.6 Å². The van der Waals surface area contributed by atoms with Crippen molar-refractivity contribution in [1.29, 1.82) is 0 Å². The van der Waals surface area contributed by atoms with Gasteiger partial charge in [-0.15, -0.1) is 0 Å². The summed E-state index contributed by atoms with van der Waals surface area (Å²) in [6.07, 6.45) is 5.76. The second-order valence-corrected chi connectivity index (χ2v) is 9.90. The summed E-state index contributed by atoms with van der Waals surface area (Å²) in [4.78, 5) is 12.9. The highest BCUT2D eigenvalue weighted by Crippen LogP contribution is 2.26. The van der Waals surface area contributed by atoms with E-state index in [9.17, 15) is 13.2 Å². The number of carbonyl (C=O) groups is 1. The summed E-state index contributed by atoms with van der Waals surface area (Å²) in [5.41, 5.74) is 5.32. The van der Waals surface area contributed by atoms with E-state index in [0.29, 0.717) is 5.69 Å². The third-order valence-corrected chi connectivity index (χ3v) is 6.85. The first-order valence-corrected chi connectivity index (χ1v) is 12.0. The van der Waals surface area contributed by atoms with Gasteiger partial charge in [0.25, 0.3) is 0 Å². The molecule has 0 aliphatic heterocycles. The lowest BCUT2D eigenvalue weighted by Crippen LogP contribution is -2.48. The molecule has 0 saturated heterocycles. The molecule has 29 heavy (non-hydrogen) atoms. The highest BCUT2D eigenvalue weighted by Gasteiger charge is 2.30. The van der Waals surface area contributed by atoms with Gasteiger partial charge < -0.3 is 5.32 Å². The molecule has 0 radical (unpaired) electrons. The van der Waals surface area contributed by atoms with Crippen molar-refractivity contribution in [3.8, 4) is 0 Å². The minimum Gasteiger partial charge on any atom is -0.348 e. The fourth-order valence-electron chi connectivity index (χ4n) is 3.94. The molecule has 1 N–H and O–H groups in total. The predicted octanol–water partition coefficient (Wildman–Crippen LogP) is 3.91. The van der Waals surface area contributed by atoms with Gasteiger partial charge in [-0.1, -0.05) is 35.9 Å². The van der Waals surface area contributed by atoms with Crippen LogP contribution in [0.15, 0.2) is 42.5 Å². The van der Waals surface area contributed by atoms with Crippen LogP contribution in [0.2, 0.25) is 0 Å². The van der Waals surface area contributed by atoms with Crippen molar-refractivity contribution in [3.05, 3.63) is 64.7 Å². The van der Waals surface area contributed by atoms with Gasteiger partial charge in [0.2, 0.25) is 15.9 Å². The smallest absolute Gasteiger partial charge is 0.244 e. The number of amides is 1. The molecule has 0 fully saturated rings. The molecule has 0 unspecified atom stereocenters. The third kappa shape index (κ3) is 4.99. The summed E-state index contributed by atoms with van der Waals surface area (Å²) in [7, 11) is -3.62. The van der Waals surface area contributed by atoms with Crippen LogP contribution in [0.5, 0.6) is 0 Å². The molecule has 1 amide bonds. The molecule has 0 heterocycles. The van der Waals surface area contributed by atoms with Crippen LogP contribution in [0, 0.1) is 6.92 Å². The van der Waals surface area contributed by atoms with Crippen LogP contribution >= 0.6 is 0 Å². The van der Waals surface area contributed by atoms with E-state index in [1.807, 2.05) is 26.0 Å². The van der Waals surface area contributed by atoms with Crippen LogP contribution in [0.4, 0.5) is 5.69 Å². The molecular formula is C23H30N2O3S. The SMILES string of the molecule is Cc1ccc(N([C@H](C)C(=O)N[C@H](C)c2ccc3c(c2)CCCC3)S(C)(=O)=O)cc1. The first kappa shape index (κ1) is 21.4. The van der Waals surface area contributed by atoms with Gasteiger partial charge in [0.05, 0.1) is 18.0 Å². The van der Waals surface area contributed by atoms with Crippen molar-refractivity contribution in [3.63, 3.8) is 0 Å². The van der Waals surface area contributed by atoms with Crippen molar-refractivity contribution >= 4 is 21.6 Å². The molecule has 0 saturated carbocycles. The van der Waals surface area contributed by atoms with Gasteiger partial charge in [-0.05, 0) is 75.3 Å². The van der Waals surface area contributed by atoms with Crippen LogP contribution < -0.4 is 9.62 Å². The van der Waals surface area contributed by atoms with Gasteiger partial charge in [-0.25, -0.2) is 8.42 Å². The van der Waals surface area contributed by atoms with E-state index in [4.69, 9.17) is 0 Å². The summed E-state index contributed by atoms with van der Waals surface area (Å²) in [5, 5.41) is 2.99. The zero-order valence-electron chi connectivity index (χ0n) is 17.6. The molecule has 5 nitrogen and oxygen atoms in total. The van der Waals surface area contributed by atoms with Crippen molar-refractivity contribution < 1.29 is 13.2 Å². The molecule has 1 aliphatic carbocycles. The average Bonchev–Trinajstić information content (AvgIpc) is 2.68.